The van der Waals surface area contributed by atoms with Crippen molar-refractivity contribution in [2.45, 2.75) is 85.2 Å². The molecule has 246 valence electrons. The summed E-state index contributed by atoms with van der Waals surface area (Å²) in [5, 5.41) is 6.52. The Morgan fingerprint density at radius 1 is 1.11 bits per heavy atom. The van der Waals surface area contributed by atoms with Crippen LogP contribution in [0.25, 0.3) is 21.9 Å². The van der Waals surface area contributed by atoms with Crippen LogP contribution >= 0.6 is 11.8 Å². The summed E-state index contributed by atoms with van der Waals surface area (Å²) in [6, 6.07) is 6.90. The van der Waals surface area contributed by atoms with Gasteiger partial charge in [0.1, 0.15) is 28.6 Å². The first kappa shape index (κ1) is 35.7. The average molecular weight is 642 g/mol. The zero-order chi connectivity index (χ0) is 33.4. The molecule has 45 heavy (non-hydrogen) atoms. The molecule has 0 unspecified atom stereocenters. The third-order valence-electron chi connectivity index (χ3n) is 6.44. The third kappa shape index (κ3) is 10.4. The lowest BCUT2D eigenvalue weighted by Gasteiger charge is -2.26. The minimum Gasteiger partial charge on any atom is -0.444 e. The van der Waals surface area contributed by atoms with Gasteiger partial charge in [0.2, 0.25) is 5.91 Å². The van der Waals surface area contributed by atoms with E-state index in [1.165, 1.54) is 11.8 Å². The fourth-order valence-electron chi connectivity index (χ4n) is 4.54. The van der Waals surface area contributed by atoms with E-state index in [0.29, 0.717) is 54.7 Å². The van der Waals surface area contributed by atoms with Crippen LogP contribution in [-0.2, 0) is 27.4 Å². The number of aryl methyl sites for hydroxylation is 1. The van der Waals surface area contributed by atoms with Crippen LogP contribution in [0.2, 0.25) is 0 Å². The molecule has 2 aromatic heterocycles. The molecule has 0 aliphatic rings. The number of thioether (sulfide) groups is 1. The first-order chi connectivity index (χ1) is 21.1. The van der Waals surface area contributed by atoms with Crippen LogP contribution in [0.15, 0.2) is 24.3 Å². The van der Waals surface area contributed by atoms with Crippen molar-refractivity contribution in [3.63, 3.8) is 0 Å². The Labute approximate surface area is 270 Å². The molecular formula is C32H47N7O5S. The lowest BCUT2D eigenvalue weighted by molar-refractivity contribution is -0.122. The molecule has 2 heterocycles. The highest BCUT2D eigenvalue weighted by atomic mass is 32.2. The standard InChI is InChI=1S/C32H47N7O5S/c1-9-18-45-20-23(36-29(41)43-31(3,4)5)28(40)34-16-13-17-39-24(19-38(10-2)30(42)44-32(6,7)8)37-25-26(39)21-14-11-12-15-22(21)35-27(25)33/h9,11-12,14-15,23H,1,10,13,16-20H2,2-8H3,(H2,33,35)(H,34,40)(H,36,41)/t23-/m0/s1. The molecule has 3 amide bonds. The lowest BCUT2D eigenvalue weighted by Crippen LogP contribution is -2.49. The van der Waals surface area contributed by atoms with Crippen LogP contribution in [0.1, 0.15) is 60.7 Å². The van der Waals surface area contributed by atoms with Crippen molar-refractivity contribution in [2.24, 2.45) is 0 Å². The van der Waals surface area contributed by atoms with Gasteiger partial charge in [-0.15, -0.1) is 0 Å². The van der Waals surface area contributed by atoms with Crippen molar-refractivity contribution in [3.05, 3.63) is 43.4 Å². The van der Waals surface area contributed by atoms with Crippen LogP contribution < -0.4 is 16.4 Å². The van der Waals surface area contributed by atoms with Crippen molar-refractivity contribution < 1.29 is 23.9 Å². The highest BCUT2D eigenvalue weighted by Gasteiger charge is 2.26. The van der Waals surface area contributed by atoms with E-state index in [1.54, 1.807) is 32.1 Å². The number of nitrogens with two attached hydrogens (primary N) is 1. The Balaban J connectivity index is 1.83. The normalized spacial score (nSPS) is 12.6. The Morgan fingerprint density at radius 2 is 1.80 bits per heavy atom. The van der Waals surface area contributed by atoms with Crippen molar-refractivity contribution in [2.75, 3.05) is 30.3 Å². The summed E-state index contributed by atoms with van der Waals surface area (Å²) < 4.78 is 13.0. The number of imidazole rings is 1. The van der Waals surface area contributed by atoms with Crippen LogP contribution in [0.4, 0.5) is 15.4 Å². The van der Waals surface area contributed by atoms with E-state index in [0.717, 1.165) is 16.4 Å². The number of nitrogens with one attached hydrogen (secondary N) is 2. The molecular weight excluding hydrogens is 594 g/mol. The monoisotopic (exact) mass is 641 g/mol. The summed E-state index contributed by atoms with van der Waals surface area (Å²) in [7, 11) is 0. The number of nitrogen functional groups attached to an aromatic ring is 1. The van der Waals surface area contributed by atoms with E-state index in [2.05, 4.69) is 22.5 Å². The predicted octanol–water partition coefficient (Wildman–Crippen LogP) is 5.09. The zero-order valence-corrected chi connectivity index (χ0v) is 28.3. The molecule has 0 aliphatic carbocycles. The first-order valence-corrected chi connectivity index (χ1v) is 16.3. The van der Waals surface area contributed by atoms with E-state index in [4.69, 9.17) is 20.2 Å². The number of aromatic nitrogens is 3. The summed E-state index contributed by atoms with van der Waals surface area (Å²) in [4.78, 5) is 49.5. The van der Waals surface area contributed by atoms with Gasteiger partial charge in [0.25, 0.3) is 0 Å². The zero-order valence-electron chi connectivity index (χ0n) is 27.4. The molecule has 0 fully saturated rings. The van der Waals surface area contributed by atoms with Gasteiger partial charge in [-0.25, -0.2) is 19.6 Å². The summed E-state index contributed by atoms with van der Waals surface area (Å²) in [5.41, 5.74) is 7.12. The maximum absolute atomic E-state index is 13.1. The van der Waals surface area contributed by atoms with Gasteiger partial charge in [-0.3, -0.25) is 4.79 Å². The minimum atomic E-state index is -0.781. The van der Waals surface area contributed by atoms with Gasteiger partial charge in [-0.05, 0) is 80.1 Å². The summed E-state index contributed by atoms with van der Waals surface area (Å²) in [6.45, 7) is 17.8. The van der Waals surface area contributed by atoms with E-state index in [9.17, 15) is 14.4 Å². The SMILES string of the molecule is [CH2][CH]CSC[C@H](NC(=O)OC(C)(C)C)C(=O)NCCCn1c(CN(CC)C(=O)OC(C)(C)C)nc2c(N)nc3ccccc3c21. The van der Waals surface area contributed by atoms with E-state index >= 15 is 0 Å². The number of rotatable bonds is 13. The Bertz CT molecular complexity index is 1480. The van der Waals surface area contributed by atoms with E-state index in [-0.39, 0.29) is 12.5 Å². The molecule has 3 rings (SSSR count). The van der Waals surface area contributed by atoms with Gasteiger partial charge in [-0.1, -0.05) is 18.2 Å². The molecule has 0 saturated carbocycles. The second-order valence-corrected chi connectivity index (χ2v) is 13.6. The molecule has 0 aliphatic heterocycles. The number of carbonyl (C=O) groups is 3. The predicted molar refractivity (Wildman–Crippen MR) is 180 cm³/mol. The minimum absolute atomic E-state index is 0.197. The Hall–Kier alpha value is -3.74. The maximum Gasteiger partial charge on any atom is 0.410 e. The second kappa shape index (κ2) is 15.5. The van der Waals surface area contributed by atoms with Gasteiger partial charge in [0, 0.05) is 30.8 Å². The number of hydrogen-bond acceptors (Lipinski definition) is 9. The number of para-hydroxylation sites is 1. The molecule has 4 N–H and O–H groups in total. The number of hydrogen-bond donors (Lipinski definition) is 3. The van der Waals surface area contributed by atoms with Crippen molar-refractivity contribution in [1.29, 1.82) is 0 Å². The van der Waals surface area contributed by atoms with E-state index < -0.39 is 29.4 Å². The van der Waals surface area contributed by atoms with Gasteiger partial charge < -0.3 is 35.3 Å². The number of fused-ring (bicyclic) bond motifs is 3. The quantitative estimate of drug-likeness (QED) is 0.217. The molecule has 12 nitrogen and oxygen atoms in total. The largest absolute Gasteiger partial charge is 0.444 e. The highest BCUT2D eigenvalue weighted by molar-refractivity contribution is 7.99. The lowest BCUT2D eigenvalue weighted by atomic mass is 10.2. The van der Waals surface area contributed by atoms with Crippen LogP contribution in [0.5, 0.6) is 0 Å². The molecule has 1 atom stereocenters. The molecule has 2 radical (unpaired) electrons. The van der Waals surface area contributed by atoms with Crippen LogP contribution in [-0.4, -0.2) is 79.4 Å². The third-order valence-corrected chi connectivity index (χ3v) is 7.48. The Morgan fingerprint density at radius 3 is 2.44 bits per heavy atom. The second-order valence-electron chi connectivity index (χ2n) is 12.6. The summed E-state index contributed by atoms with van der Waals surface area (Å²) >= 11 is 1.48. The fourth-order valence-corrected chi connectivity index (χ4v) is 5.32. The summed E-state index contributed by atoms with van der Waals surface area (Å²) in [5.74, 6) is 1.61. The number of amides is 3. The summed E-state index contributed by atoms with van der Waals surface area (Å²) in [6.07, 6.45) is 1.19. The number of pyridine rings is 1. The van der Waals surface area contributed by atoms with E-state index in [1.807, 2.05) is 56.5 Å². The topological polar surface area (TPSA) is 154 Å². The van der Waals surface area contributed by atoms with Crippen LogP contribution in [0.3, 0.4) is 0 Å². The number of nitrogens with zero attached hydrogens (tertiary/aromatic N) is 4. The molecule has 1 aromatic carbocycles. The number of anilines is 1. The maximum atomic E-state index is 13.1. The molecule has 0 saturated heterocycles. The number of carbonyl (C=O) groups excluding carboxylic acids is 3. The number of ether oxygens (including phenoxy) is 2. The Kier molecular flexibility index (Phi) is 12.3. The van der Waals surface area contributed by atoms with Gasteiger partial charge in [-0.2, -0.15) is 11.8 Å². The first-order valence-electron chi connectivity index (χ1n) is 15.1. The number of alkyl carbamates (subject to hydrolysis) is 1. The molecule has 3 aromatic rings. The van der Waals surface area contributed by atoms with Gasteiger partial charge in [0.05, 0.1) is 17.6 Å². The molecule has 13 heteroatoms. The number of benzene rings is 1. The van der Waals surface area contributed by atoms with Crippen molar-refractivity contribution >= 4 is 57.6 Å². The van der Waals surface area contributed by atoms with Crippen molar-refractivity contribution in [1.82, 2.24) is 30.1 Å². The van der Waals surface area contributed by atoms with Crippen LogP contribution in [0, 0.1) is 13.3 Å². The smallest absolute Gasteiger partial charge is 0.410 e. The molecule has 0 spiro atoms. The highest BCUT2D eigenvalue weighted by Crippen LogP contribution is 2.29. The average Bonchev–Trinajstić information content (AvgIpc) is 3.30. The molecule has 0 bridgehead atoms. The van der Waals surface area contributed by atoms with Gasteiger partial charge in [0.15, 0.2) is 5.82 Å². The van der Waals surface area contributed by atoms with Gasteiger partial charge >= 0.3 is 12.2 Å². The fraction of sp³-hybridized carbons (Fsp3) is 0.531. The van der Waals surface area contributed by atoms with Crippen molar-refractivity contribution in [3.8, 4) is 0 Å².